The molecular formula is C12H17ClN2O3. The third-order valence-electron chi connectivity index (χ3n) is 2.80. The molecule has 5 nitrogen and oxygen atoms in total. The van der Waals surface area contributed by atoms with Gasteiger partial charge in [0.05, 0.1) is 15.6 Å². The van der Waals surface area contributed by atoms with Gasteiger partial charge >= 0.3 is 0 Å². The van der Waals surface area contributed by atoms with Gasteiger partial charge in [0.15, 0.2) is 0 Å². The predicted molar refractivity (Wildman–Crippen MR) is 72.2 cm³/mol. The summed E-state index contributed by atoms with van der Waals surface area (Å²) in [4.78, 5) is 10.2. The van der Waals surface area contributed by atoms with E-state index < -0.39 is 4.92 Å². The van der Waals surface area contributed by atoms with Crippen LogP contribution in [-0.2, 0) is 0 Å². The van der Waals surface area contributed by atoms with Crippen LogP contribution in [0.3, 0.4) is 0 Å². The summed E-state index contributed by atoms with van der Waals surface area (Å²) in [5.41, 5.74) is 1.41. The summed E-state index contributed by atoms with van der Waals surface area (Å²) < 4.78 is 0. The Labute approximate surface area is 111 Å². The number of aliphatic hydroxyl groups is 1. The number of aliphatic hydroxyl groups excluding tert-OH is 1. The zero-order chi connectivity index (χ0) is 13.7. The number of nitro benzene ring substituents is 1. The van der Waals surface area contributed by atoms with E-state index in [1.807, 2.05) is 6.92 Å². The van der Waals surface area contributed by atoms with Crippen molar-refractivity contribution in [3.8, 4) is 0 Å². The number of benzene rings is 1. The van der Waals surface area contributed by atoms with Crippen molar-refractivity contribution in [1.82, 2.24) is 0 Å². The Morgan fingerprint density at radius 1 is 1.56 bits per heavy atom. The van der Waals surface area contributed by atoms with Crippen LogP contribution < -0.4 is 5.32 Å². The smallest absolute Gasteiger partial charge is 0.271 e. The highest BCUT2D eigenvalue weighted by Crippen LogP contribution is 2.31. The Bertz CT molecular complexity index is 414. The lowest BCUT2D eigenvalue weighted by atomic mass is 10.1. The summed E-state index contributed by atoms with van der Waals surface area (Å²) in [7, 11) is 0. The molecule has 0 aliphatic rings. The first-order valence-corrected chi connectivity index (χ1v) is 6.19. The number of hydrogen-bond donors (Lipinski definition) is 2. The molecule has 1 aromatic carbocycles. The first kappa shape index (κ1) is 14.7. The third kappa shape index (κ3) is 3.58. The summed E-state index contributed by atoms with van der Waals surface area (Å²) in [6, 6.07) is 2.93. The molecule has 1 unspecified atom stereocenters. The fraction of sp³-hybridized carbons (Fsp3) is 0.500. The third-order valence-corrected chi connectivity index (χ3v) is 3.10. The molecule has 1 atom stereocenters. The van der Waals surface area contributed by atoms with Crippen LogP contribution in [0.25, 0.3) is 0 Å². The molecule has 100 valence electrons. The number of nitrogens with one attached hydrogen (secondary N) is 1. The molecule has 0 saturated heterocycles. The second kappa shape index (κ2) is 6.56. The maximum Gasteiger partial charge on any atom is 0.271 e. The molecule has 0 saturated carbocycles. The van der Waals surface area contributed by atoms with Crippen molar-refractivity contribution in [3.63, 3.8) is 0 Å². The van der Waals surface area contributed by atoms with Gasteiger partial charge in [-0.25, -0.2) is 0 Å². The number of rotatable bonds is 6. The van der Waals surface area contributed by atoms with Crippen molar-refractivity contribution >= 4 is 23.0 Å². The molecular weight excluding hydrogens is 256 g/mol. The standard InChI is InChI=1S/C12H17ClN2O3/c1-3-9(4-5-16)14-12-8(2)6-10(15(17)18)7-11(12)13/h6-7,9,14,16H,3-5H2,1-2H3. The van der Waals surface area contributed by atoms with E-state index in [4.69, 9.17) is 16.7 Å². The molecule has 6 heteroatoms. The molecule has 18 heavy (non-hydrogen) atoms. The Morgan fingerprint density at radius 2 is 2.22 bits per heavy atom. The molecule has 0 radical (unpaired) electrons. The zero-order valence-corrected chi connectivity index (χ0v) is 11.2. The number of nitro groups is 1. The lowest BCUT2D eigenvalue weighted by Crippen LogP contribution is -2.20. The van der Waals surface area contributed by atoms with E-state index in [-0.39, 0.29) is 18.3 Å². The summed E-state index contributed by atoms with van der Waals surface area (Å²) in [5, 5.41) is 23.2. The van der Waals surface area contributed by atoms with Crippen molar-refractivity contribution in [1.29, 1.82) is 0 Å². The van der Waals surface area contributed by atoms with Gasteiger partial charge in [-0.05, 0) is 25.3 Å². The van der Waals surface area contributed by atoms with E-state index in [0.717, 1.165) is 12.0 Å². The molecule has 0 bridgehead atoms. The van der Waals surface area contributed by atoms with Gasteiger partial charge < -0.3 is 10.4 Å². The van der Waals surface area contributed by atoms with Crippen LogP contribution in [0.15, 0.2) is 12.1 Å². The van der Waals surface area contributed by atoms with E-state index in [0.29, 0.717) is 17.1 Å². The SMILES string of the molecule is CCC(CCO)Nc1c(C)cc([N+](=O)[O-])cc1Cl. The molecule has 0 heterocycles. The van der Waals surface area contributed by atoms with Crippen LogP contribution in [0.1, 0.15) is 25.3 Å². The Hall–Kier alpha value is -1.33. The van der Waals surface area contributed by atoms with E-state index >= 15 is 0 Å². The number of nitrogens with zero attached hydrogens (tertiary/aromatic N) is 1. The topological polar surface area (TPSA) is 75.4 Å². The van der Waals surface area contributed by atoms with Gasteiger partial charge in [0.1, 0.15) is 0 Å². The molecule has 0 aromatic heterocycles. The number of non-ortho nitro benzene ring substituents is 1. The zero-order valence-electron chi connectivity index (χ0n) is 10.4. The maximum atomic E-state index is 10.7. The molecule has 1 aromatic rings. The van der Waals surface area contributed by atoms with Crippen LogP contribution >= 0.6 is 11.6 Å². The molecule has 1 rings (SSSR count). The lowest BCUT2D eigenvalue weighted by Gasteiger charge is -2.19. The average molecular weight is 273 g/mol. The minimum absolute atomic E-state index is 0.0155. The van der Waals surface area contributed by atoms with Crippen LogP contribution in [0, 0.1) is 17.0 Å². The fourth-order valence-electron chi connectivity index (χ4n) is 1.75. The molecule has 0 amide bonds. The van der Waals surface area contributed by atoms with Crippen molar-refractivity contribution < 1.29 is 10.0 Å². The summed E-state index contributed by atoms with van der Waals surface area (Å²) >= 11 is 6.05. The Balaban J connectivity index is 2.99. The van der Waals surface area contributed by atoms with Gasteiger partial charge in [-0.2, -0.15) is 0 Å². The van der Waals surface area contributed by atoms with Gasteiger partial charge in [0, 0.05) is 24.8 Å². The fourth-order valence-corrected chi connectivity index (χ4v) is 2.07. The minimum Gasteiger partial charge on any atom is -0.396 e. The van der Waals surface area contributed by atoms with Crippen molar-refractivity contribution in [2.75, 3.05) is 11.9 Å². The number of hydrogen-bond acceptors (Lipinski definition) is 4. The largest absolute Gasteiger partial charge is 0.396 e. The lowest BCUT2D eigenvalue weighted by molar-refractivity contribution is -0.384. The molecule has 0 aliphatic heterocycles. The summed E-state index contributed by atoms with van der Waals surface area (Å²) in [6.07, 6.45) is 1.45. The van der Waals surface area contributed by atoms with Gasteiger partial charge in [-0.1, -0.05) is 18.5 Å². The van der Waals surface area contributed by atoms with E-state index in [2.05, 4.69) is 5.32 Å². The van der Waals surface area contributed by atoms with Crippen LogP contribution in [0.4, 0.5) is 11.4 Å². The highest BCUT2D eigenvalue weighted by molar-refractivity contribution is 6.33. The van der Waals surface area contributed by atoms with E-state index in [9.17, 15) is 10.1 Å². The monoisotopic (exact) mass is 272 g/mol. The molecule has 2 N–H and O–H groups in total. The average Bonchev–Trinajstić information content (AvgIpc) is 2.31. The van der Waals surface area contributed by atoms with Crippen LogP contribution in [0.5, 0.6) is 0 Å². The number of aryl methyl sites for hydroxylation is 1. The maximum absolute atomic E-state index is 10.7. The second-order valence-electron chi connectivity index (χ2n) is 4.14. The van der Waals surface area contributed by atoms with Crippen LogP contribution in [0.2, 0.25) is 5.02 Å². The summed E-state index contributed by atoms with van der Waals surface area (Å²) in [6.45, 7) is 3.87. The van der Waals surface area contributed by atoms with Crippen molar-refractivity contribution in [2.45, 2.75) is 32.7 Å². The van der Waals surface area contributed by atoms with E-state index in [1.54, 1.807) is 6.92 Å². The number of halogens is 1. The van der Waals surface area contributed by atoms with Gasteiger partial charge in [0.2, 0.25) is 0 Å². The highest BCUT2D eigenvalue weighted by atomic mass is 35.5. The Kier molecular flexibility index (Phi) is 5.37. The molecule has 0 aliphatic carbocycles. The van der Waals surface area contributed by atoms with Gasteiger partial charge in [0.25, 0.3) is 5.69 Å². The molecule has 0 spiro atoms. The van der Waals surface area contributed by atoms with Crippen LogP contribution in [-0.4, -0.2) is 22.7 Å². The Morgan fingerprint density at radius 3 is 2.67 bits per heavy atom. The summed E-state index contributed by atoms with van der Waals surface area (Å²) in [5.74, 6) is 0. The van der Waals surface area contributed by atoms with Gasteiger partial charge in [-0.3, -0.25) is 10.1 Å². The highest BCUT2D eigenvalue weighted by Gasteiger charge is 2.15. The van der Waals surface area contributed by atoms with Gasteiger partial charge in [-0.15, -0.1) is 0 Å². The predicted octanol–water partition coefficient (Wildman–Crippen LogP) is 3.13. The minimum atomic E-state index is -0.465. The second-order valence-corrected chi connectivity index (χ2v) is 4.55. The van der Waals surface area contributed by atoms with Crippen molar-refractivity contribution in [2.24, 2.45) is 0 Å². The van der Waals surface area contributed by atoms with E-state index in [1.165, 1.54) is 12.1 Å². The first-order valence-electron chi connectivity index (χ1n) is 5.81. The normalized spacial score (nSPS) is 12.2. The van der Waals surface area contributed by atoms with Crippen molar-refractivity contribution in [3.05, 3.63) is 32.8 Å². The number of anilines is 1. The first-order chi connectivity index (χ1) is 8.49. The quantitative estimate of drug-likeness (QED) is 0.616. The molecule has 0 fully saturated rings.